The number of likely N-dealkylation sites (tertiary alicyclic amines) is 2. The second kappa shape index (κ2) is 21.0. The number of nitrogens with one attached hydrogen (secondary N) is 2. The largest absolute Gasteiger partial charge is 0.412 e. The van der Waals surface area contributed by atoms with Crippen molar-refractivity contribution in [1.29, 1.82) is 0 Å². The molecule has 2 aromatic heterocycles. The number of piperidine rings is 1. The summed E-state index contributed by atoms with van der Waals surface area (Å²) >= 11 is 5.20. The van der Waals surface area contributed by atoms with Crippen LogP contribution in [0.4, 0.5) is 4.39 Å². The number of rotatable bonds is 16. The van der Waals surface area contributed by atoms with E-state index >= 15 is 4.39 Å². The third kappa shape index (κ3) is 11.2. The third-order valence-corrected chi connectivity index (χ3v) is 23.3. The predicted octanol–water partition coefficient (Wildman–Crippen LogP) is 11.8. The van der Waals surface area contributed by atoms with Crippen molar-refractivity contribution >= 4 is 64.2 Å². The first-order valence-electron chi connectivity index (χ1n) is 27.2. The minimum atomic E-state index is -2.32. The number of benzene rings is 3. The van der Waals surface area contributed by atoms with Crippen LogP contribution in [0.3, 0.4) is 0 Å². The number of thiazole rings is 1. The molecule has 12 nitrogen and oxygen atoms in total. The highest BCUT2D eigenvalue weighted by atomic mass is 79.9. The van der Waals surface area contributed by atoms with Gasteiger partial charge in [-0.05, 0) is 165 Å². The van der Waals surface area contributed by atoms with Crippen molar-refractivity contribution < 1.29 is 23.2 Å². The Morgan fingerprint density at radius 1 is 0.960 bits per heavy atom. The quantitative estimate of drug-likeness (QED) is 0.0736. The average Bonchev–Trinajstić information content (AvgIpc) is 3.64. The molecule has 3 aromatic carbocycles. The van der Waals surface area contributed by atoms with Crippen molar-refractivity contribution in [3.8, 4) is 16.1 Å². The van der Waals surface area contributed by atoms with Gasteiger partial charge in [0.2, 0.25) is 11.8 Å². The lowest BCUT2D eigenvalue weighted by atomic mass is 9.81. The highest BCUT2D eigenvalue weighted by molar-refractivity contribution is 9.10. The number of carbonyl (C=O) groups is 3. The molecule has 9 rings (SSSR count). The third-order valence-electron chi connectivity index (χ3n) is 17.1. The van der Waals surface area contributed by atoms with Crippen LogP contribution in [0.25, 0.3) is 27.0 Å². The SMILES string of the molecule is Cc1ncsc1-c1ccc([C@H](CCCCCN2CCC(c3ccc4c(c3)C(C)(C)c3nc(=O)c5c(Br)cccc5n3-4)CC2)NC(=O)[C@@H]2C[C@@H](O[Si](C)(C)C(C)(C)C)CN2C(=O)[C@@H](NC(=O)C2(F)CC2)C(C)(C)C)cc1. The summed E-state index contributed by atoms with van der Waals surface area (Å²) in [4.78, 5) is 70.5. The molecule has 3 amide bonds. The van der Waals surface area contributed by atoms with Crippen molar-refractivity contribution in [3.63, 3.8) is 0 Å². The second-order valence-corrected chi connectivity index (χ2v) is 31.5. The lowest BCUT2D eigenvalue weighted by molar-refractivity contribution is -0.145. The summed E-state index contributed by atoms with van der Waals surface area (Å²) < 4.78 is 24.9. The minimum absolute atomic E-state index is 0.0953. The van der Waals surface area contributed by atoms with Crippen LogP contribution in [0.2, 0.25) is 18.1 Å². The maximum absolute atomic E-state index is 15.1. The first kappa shape index (κ1) is 55.2. The van der Waals surface area contributed by atoms with Crippen LogP contribution < -0.4 is 16.2 Å². The predicted molar refractivity (Wildman–Crippen MR) is 304 cm³/mol. The Hall–Kier alpha value is -4.61. The molecule has 3 fully saturated rings. The van der Waals surface area contributed by atoms with Crippen LogP contribution >= 0.6 is 27.3 Å². The van der Waals surface area contributed by atoms with E-state index in [4.69, 9.17) is 4.43 Å². The summed E-state index contributed by atoms with van der Waals surface area (Å²) in [7, 11) is -2.32. The summed E-state index contributed by atoms with van der Waals surface area (Å²) in [5.74, 6) is -0.188. The van der Waals surface area contributed by atoms with Gasteiger partial charge in [-0.3, -0.25) is 23.7 Å². The molecular formula is C59H77BrFN7O5SSi. The summed E-state index contributed by atoms with van der Waals surface area (Å²) in [6.45, 7) is 26.1. The number of halogens is 2. The number of carbonyl (C=O) groups excluding carboxylic acids is 3. The van der Waals surface area contributed by atoms with Crippen molar-refractivity contribution in [2.75, 3.05) is 26.2 Å². The molecule has 1 aliphatic carbocycles. The number of hydrogen-bond acceptors (Lipinski definition) is 9. The van der Waals surface area contributed by atoms with Gasteiger partial charge in [0.1, 0.15) is 17.9 Å². The van der Waals surface area contributed by atoms with Gasteiger partial charge >= 0.3 is 0 Å². The number of unbranched alkanes of at least 4 members (excludes halogenated alkanes) is 2. The van der Waals surface area contributed by atoms with Gasteiger partial charge in [-0.2, -0.15) is 4.98 Å². The smallest absolute Gasteiger partial charge is 0.281 e. The molecule has 1 saturated carbocycles. The number of fused-ring (bicyclic) bond motifs is 5. The van der Waals surface area contributed by atoms with Crippen LogP contribution in [0, 0.1) is 12.3 Å². The lowest BCUT2D eigenvalue weighted by Crippen LogP contribution is -2.59. The zero-order chi connectivity index (χ0) is 54.0. The van der Waals surface area contributed by atoms with E-state index in [-0.39, 0.29) is 48.0 Å². The highest BCUT2D eigenvalue weighted by Crippen LogP contribution is 2.46. The van der Waals surface area contributed by atoms with Crippen LogP contribution in [-0.2, 0) is 24.2 Å². The van der Waals surface area contributed by atoms with E-state index in [1.165, 1.54) is 11.1 Å². The molecule has 2 saturated heterocycles. The normalized spacial score (nSPS) is 20.4. The molecule has 75 heavy (non-hydrogen) atoms. The van der Waals surface area contributed by atoms with E-state index < -0.39 is 48.7 Å². The Labute approximate surface area is 456 Å². The van der Waals surface area contributed by atoms with Crippen molar-refractivity contribution in [1.82, 2.24) is 35.0 Å². The van der Waals surface area contributed by atoms with Crippen molar-refractivity contribution in [3.05, 3.63) is 109 Å². The molecule has 5 aromatic rings. The molecule has 4 aliphatic rings. The molecule has 402 valence electrons. The fraction of sp³-hybridized carbons (Fsp3) is 0.559. The Bertz CT molecular complexity index is 3020. The molecule has 4 atom stereocenters. The van der Waals surface area contributed by atoms with Crippen LogP contribution in [0.1, 0.15) is 153 Å². The van der Waals surface area contributed by atoms with E-state index in [9.17, 15) is 19.2 Å². The van der Waals surface area contributed by atoms with E-state index in [0.29, 0.717) is 24.1 Å². The molecule has 2 N–H and O–H groups in total. The van der Waals surface area contributed by atoms with Crippen molar-refractivity contribution in [2.24, 2.45) is 5.41 Å². The molecule has 0 spiro atoms. The maximum Gasteiger partial charge on any atom is 0.281 e. The number of hydrogen-bond donors (Lipinski definition) is 2. The second-order valence-electron chi connectivity index (χ2n) is 25.0. The molecule has 0 radical (unpaired) electrons. The lowest BCUT2D eigenvalue weighted by Gasteiger charge is -2.38. The topological polar surface area (TPSA) is 139 Å². The Kier molecular flexibility index (Phi) is 15.4. The van der Waals surface area contributed by atoms with Gasteiger partial charge in [-0.15, -0.1) is 11.3 Å². The van der Waals surface area contributed by atoms with Gasteiger partial charge in [-0.1, -0.05) is 96.8 Å². The maximum atomic E-state index is 15.1. The summed E-state index contributed by atoms with van der Waals surface area (Å²) in [6.07, 6.45) is 6.01. The van der Waals surface area contributed by atoms with Crippen LogP contribution in [0.15, 0.2) is 75.4 Å². The van der Waals surface area contributed by atoms with Crippen LogP contribution in [0.5, 0.6) is 0 Å². The van der Waals surface area contributed by atoms with Gasteiger partial charge in [0.05, 0.1) is 50.2 Å². The van der Waals surface area contributed by atoms with Gasteiger partial charge in [0.15, 0.2) is 14.0 Å². The summed E-state index contributed by atoms with van der Waals surface area (Å²) in [5, 5.41) is 6.71. The van der Waals surface area contributed by atoms with Gasteiger partial charge in [-0.25, -0.2) is 9.37 Å². The van der Waals surface area contributed by atoms with Crippen molar-refractivity contribution in [2.45, 2.75) is 179 Å². The molecular weight excluding hydrogens is 1050 g/mol. The minimum Gasteiger partial charge on any atom is -0.412 e. The van der Waals surface area contributed by atoms with E-state index in [1.807, 2.05) is 51.4 Å². The Morgan fingerprint density at radius 3 is 2.31 bits per heavy atom. The van der Waals surface area contributed by atoms with Gasteiger partial charge in [0.25, 0.3) is 11.5 Å². The summed E-state index contributed by atoms with van der Waals surface area (Å²) in [6, 6.07) is 18.9. The fourth-order valence-corrected chi connectivity index (χ4v) is 14.0. The van der Waals surface area contributed by atoms with E-state index in [0.717, 1.165) is 94.9 Å². The average molecular weight is 1120 g/mol. The zero-order valence-electron chi connectivity index (χ0n) is 45.9. The number of amides is 3. The fourth-order valence-electron chi connectivity index (χ4n) is 11.3. The molecule has 5 heterocycles. The van der Waals surface area contributed by atoms with E-state index in [1.54, 1.807) is 16.2 Å². The molecule has 16 heteroatoms. The zero-order valence-corrected chi connectivity index (χ0v) is 49.3. The van der Waals surface area contributed by atoms with Gasteiger partial charge in [0, 0.05) is 17.4 Å². The standard InChI is InChI=1S/C59H77BrFN7O5SSi/c1-36-49(74-35-62-36)39-21-19-38(20-22-39)44(63-51(69)47-33-41(73-75(10,11)57(5,6)7)34-67(47)53(71)50(56(2,3)4)64-55(72)59(61)27-28-59)17-13-12-14-29-66-30-25-37(26-31-66)40-23-24-45-42(32-40)58(8,9)54-65-52(70)48-43(60)16-15-18-46(48)68(45)54/h15-16,18-24,32,35,37,41,44,47,50H,12-14,17,25-31,33-34H2,1-11H3,(H,63,69)(H,64,72)/t41-,44+,47+,50-/m1/s1. The first-order valence-corrected chi connectivity index (χ1v) is 31.7. The molecule has 3 aliphatic heterocycles. The number of alkyl halides is 1. The van der Waals surface area contributed by atoms with Gasteiger partial charge < -0.3 is 24.9 Å². The Morgan fingerprint density at radius 2 is 1.67 bits per heavy atom. The number of nitrogens with zero attached hydrogens (tertiary/aromatic N) is 5. The first-order chi connectivity index (χ1) is 35.3. The van der Waals surface area contributed by atoms with E-state index in [2.05, 4.69) is 136 Å². The summed E-state index contributed by atoms with van der Waals surface area (Å²) in [5.41, 5.74) is 6.08. The highest BCUT2D eigenvalue weighted by Gasteiger charge is 2.54. The van der Waals surface area contributed by atoms with Crippen LogP contribution in [-0.4, -0.2) is 100 Å². The molecule has 0 bridgehead atoms. The monoisotopic (exact) mass is 1120 g/mol. The molecule has 0 unspecified atom stereocenters. The Balaban J connectivity index is 0.862. The number of aryl methyl sites for hydroxylation is 1. The number of aromatic nitrogens is 3.